The summed E-state index contributed by atoms with van der Waals surface area (Å²) in [6, 6.07) is 0. The molecule has 326 valence electrons. The summed E-state index contributed by atoms with van der Waals surface area (Å²) in [6.07, 6.45) is -16.1. The fourth-order valence-corrected chi connectivity index (χ4v) is 5.17. The summed E-state index contributed by atoms with van der Waals surface area (Å²) < 4.78 is 401. The fraction of sp³-hybridized carbons (Fsp3) is 0.833. The fourth-order valence-electron chi connectivity index (χ4n) is 5.17. The van der Waals surface area contributed by atoms with Crippen LogP contribution in [-0.2, 0) is 19.1 Å². The number of ether oxygens (including phenoxy) is 2. The maximum atomic E-state index is 14.6. The van der Waals surface area contributed by atoms with E-state index >= 15 is 0 Å². The average Bonchev–Trinajstić information content (AvgIpc) is 3.03. The van der Waals surface area contributed by atoms with Gasteiger partial charge in [0.15, 0.2) is 0 Å². The monoisotopic (exact) mass is 894 g/mol. The Morgan fingerprint density at radius 3 is 0.875 bits per heavy atom. The van der Waals surface area contributed by atoms with Crippen molar-refractivity contribution < 1.29 is 142 Å². The number of hydrogen-bond donors (Lipinski definition) is 0. The lowest BCUT2D eigenvalue weighted by Crippen LogP contribution is -2.81. The van der Waals surface area contributed by atoms with Crippen molar-refractivity contribution in [2.75, 3.05) is 0 Å². The molecule has 0 radical (unpaired) electrons. The third-order valence-electron chi connectivity index (χ3n) is 8.61. The Bertz CT molecular complexity index is 1530. The molecule has 0 bridgehead atoms. The van der Waals surface area contributed by atoms with Crippen LogP contribution >= 0.6 is 0 Å². The molecule has 0 N–H and O–H groups in total. The first-order chi connectivity index (χ1) is 24.3. The van der Waals surface area contributed by atoms with Crippen LogP contribution < -0.4 is 0 Å². The van der Waals surface area contributed by atoms with Crippen LogP contribution in [0.3, 0.4) is 0 Å². The minimum Gasteiger partial charge on any atom is -0.449 e. The first-order valence-electron chi connectivity index (χ1n) is 13.6. The van der Waals surface area contributed by atoms with Gasteiger partial charge in [0.2, 0.25) is 12.2 Å². The number of rotatable bonds is 4. The van der Waals surface area contributed by atoms with Gasteiger partial charge >= 0.3 is 94.9 Å². The molecular formula is C24H10F28O4. The molecule has 0 aliphatic heterocycles. The second-order valence-electron chi connectivity index (χ2n) is 12.0. The van der Waals surface area contributed by atoms with Crippen molar-refractivity contribution in [3.05, 3.63) is 12.2 Å². The predicted octanol–water partition coefficient (Wildman–Crippen LogP) is 9.31. The van der Waals surface area contributed by atoms with Crippen LogP contribution in [0.25, 0.3) is 0 Å². The molecule has 2 unspecified atom stereocenters. The van der Waals surface area contributed by atoms with Crippen molar-refractivity contribution in [3.8, 4) is 0 Å². The molecule has 2 atom stereocenters. The number of carbonyl (C=O) groups is 2. The van der Waals surface area contributed by atoms with Crippen LogP contribution in [0.5, 0.6) is 0 Å². The van der Waals surface area contributed by atoms with Gasteiger partial charge in [-0.3, -0.25) is 9.59 Å². The second kappa shape index (κ2) is 12.1. The van der Waals surface area contributed by atoms with Gasteiger partial charge in [0.05, 0.1) is 11.8 Å². The molecule has 3 rings (SSSR count). The first kappa shape index (κ1) is 47.1. The number of allylic oxidation sites excluding steroid dienone is 1. The van der Waals surface area contributed by atoms with Gasteiger partial charge in [-0.15, -0.1) is 0 Å². The third kappa shape index (κ3) is 5.17. The van der Waals surface area contributed by atoms with Crippen molar-refractivity contribution in [1.29, 1.82) is 0 Å². The highest BCUT2D eigenvalue weighted by Crippen LogP contribution is 2.69. The maximum Gasteiger partial charge on any atom is 0.384 e. The normalized spacial score (nSPS) is 33.7. The lowest BCUT2D eigenvalue weighted by atomic mass is 9.79. The van der Waals surface area contributed by atoms with Crippen molar-refractivity contribution in [1.82, 2.24) is 0 Å². The van der Waals surface area contributed by atoms with E-state index in [4.69, 9.17) is 0 Å². The van der Waals surface area contributed by atoms with Gasteiger partial charge < -0.3 is 9.47 Å². The van der Waals surface area contributed by atoms with Crippen LogP contribution in [0.2, 0.25) is 0 Å². The van der Waals surface area contributed by atoms with Gasteiger partial charge in [0.1, 0.15) is 0 Å². The number of esters is 2. The molecule has 0 spiro atoms. The minimum absolute atomic E-state index is 0.237. The molecule has 32 heteroatoms. The van der Waals surface area contributed by atoms with E-state index in [0.29, 0.717) is 0 Å². The molecule has 3 aliphatic rings. The molecule has 0 amide bonds. The standard InChI is InChI=1S/C24H10F28O4/c25-11(26)9(12(27,28)16(35,36)20(43,44)23(49,50)19(41,42)15(11,33)34)55-7(53)5-3-1-2-4-6(5)8(54)56-10-13(29,30)17(37,38)21(45,46)24(51,52)22(47,48)18(39,40)14(10,31)32/h1,3,5-6,9-10H,2,4H2. The number of carbonyl (C=O) groups excluding carboxylic acids is 2. The minimum atomic E-state index is -8.56. The van der Waals surface area contributed by atoms with Crippen LogP contribution in [0, 0.1) is 11.8 Å². The van der Waals surface area contributed by atoms with Gasteiger partial charge in [-0.25, -0.2) is 0 Å². The van der Waals surface area contributed by atoms with E-state index in [0.717, 1.165) is 0 Å². The van der Waals surface area contributed by atoms with Crippen molar-refractivity contribution in [2.24, 2.45) is 11.8 Å². The van der Waals surface area contributed by atoms with E-state index in [-0.39, 0.29) is 12.2 Å². The molecule has 4 nitrogen and oxygen atoms in total. The van der Waals surface area contributed by atoms with Gasteiger partial charge in [0, 0.05) is 0 Å². The summed E-state index contributed by atoms with van der Waals surface area (Å²) in [4.78, 5) is 25.1. The van der Waals surface area contributed by atoms with Crippen molar-refractivity contribution >= 4 is 11.9 Å². The van der Waals surface area contributed by atoms with Crippen LogP contribution in [0.1, 0.15) is 12.8 Å². The van der Waals surface area contributed by atoms with Gasteiger partial charge in [-0.1, -0.05) is 12.2 Å². The average molecular weight is 894 g/mol. The molecule has 0 aromatic heterocycles. The Morgan fingerprint density at radius 2 is 0.607 bits per heavy atom. The van der Waals surface area contributed by atoms with Crippen molar-refractivity contribution in [3.63, 3.8) is 0 Å². The van der Waals surface area contributed by atoms with Gasteiger partial charge in [0.25, 0.3) is 0 Å². The van der Waals surface area contributed by atoms with Gasteiger partial charge in [-0.2, -0.15) is 123 Å². The van der Waals surface area contributed by atoms with Crippen LogP contribution in [-0.4, -0.2) is 107 Å². The summed E-state index contributed by atoms with van der Waals surface area (Å²) in [7, 11) is 0. The zero-order valence-corrected chi connectivity index (χ0v) is 25.1. The molecule has 56 heavy (non-hydrogen) atoms. The van der Waals surface area contributed by atoms with E-state index in [1.54, 1.807) is 0 Å². The predicted molar refractivity (Wildman–Crippen MR) is 114 cm³/mol. The van der Waals surface area contributed by atoms with Crippen LogP contribution in [0.15, 0.2) is 12.2 Å². The molecule has 0 saturated heterocycles. The quantitative estimate of drug-likeness (QED) is 0.161. The topological polar surface area (TPSA) is 52.6 Å². The smallest absolute Gasteiger partial charge is 0.384 e. The summed E-state index contributed by atoms with van der Waals surface area (Å²) in [6.45, 7) is 0. The molecule has 2 fully saturated rings. The number of hydrogen-bond acceptors (Lipinski definition) is 4. The van der Waals surface area contributed by atoms with Gasteiger partial charge in [-0.05, 0) is 12.8 Å². The maximum absolute atomic E-state index is 14.6. The van der Waals surface area contributed by atoms with Crippen LogP contribution in [0.4, 0.5) is 123 Å². The van der Waals surface area contributed by atoms with E-state index in [1.165, 1.54) is 0 Å². The zero-order valence-electron chi connectivity index (χ0n) is 25.1. The Hall–Kier alpha value is -3.28. The summed E-state index contributed by atoms with van der Waals surface area (Å²) in [5.74, 6) is -132. The van der Waals surface area contributed by atoms with E-state index in [9.17, 15) is 133 Å². The SMILES string of the molecule is O=C(OC1C(F)(F)C(F)(F)C(F)(F)C(F)(F)C(F)(F)C(F)(F)C1(F)F)C1C=CCCC1C(=O)OC1C(F)(F)C(F)(F)C(F)(F)C(F)(F)C(F)(F)C(F)(F)C1(F)F. The molecular weight excluding hydrogens is 884 g/mol. The third-order valence-corrected chi connectivity index (χ3v) is 8.61. The molecule has 2 saturated carbocycles. The largest absolute Gasteiger partial charge is 0.449 e. The lowest BCUT2D eigenvalue weighted by molar-refractivity contribution is -0.480. The highest BCUT2D eigenvalue weighted by atomic mass is 19.4. The highest BCUT2D eigenvalue weighted by Gasteiger charge is 3.00. The molecule has 0 aromatic rings. The van der Waals surface area contributed by atoms with Crippen molar-refractivity contribution in [2.45, 2.75) is 108 Å². The molecule has 0 aromatic carbocycles. The summed E-state index contributed by atoms with van der Waals surface area (Å²) >= 11 is 0. The zero-order chi connectivity index (χ0) is 44.7. The highest BCUT2D eigenvalue weighted by molar-refractivity contribution is 5.84. The Morgan fingerprint density at radius 1 is 0.375 bits per heavy atom. The molecule has 0 heterocycles. The number of halogens is 28. The first-order valence-corrected chi connectivity index (χ1v) is 13.6. The second-order valence-corrected chi connectivity index (χ2v) is 12.0. The Labute approximate surface area is 287 Å². The van der Waals surface area contributed by atoms with E-state index in [2.05, 4.69) is 9.47 Å². The Kier molecular flexibility index (Phi) is 10.2. The number of alkyl halides is 28. The molecule has 3 aliphatic carbocycles. The van der Waals surface area contributed by atoms with E-state index < -0.39 is 132 Å². The summed E-state index contributed by atoms with van der Waals surface area (Å²) in [5.41, 5.74) is 0. The lowest BCUT2D eigenvalue weighted by Gasteiger charge is -2.49. The van der Waals surface area contributed by atoms with E-state index in [1.807, 2.05) is 0 Å². The summed E-state index contributed by atoms with van der Waals surface area (Å²) in [5, 5.41) is 0. The Balaban J connectivity index is 2.19.